The zero-order valence-corrected chi connectivity index (χ0v) is 12.4. The lowest BCUT2D eigenvalue weighted by atomic mass is 10.1. The number of nitrogens with two attached hydrogens (primary N) is 1. The second kappa shape index (κ2) is 6.08. The molecule has 18 heavy (non-hydrogen) atoms. The maximum atomic E-state index is 6.04. The van der Waals surface area contributed by atoms with Gasteiger partial charge < -0.3 is 10.3 Å². The van der Waals surface area contributed by atoms with E-state index in [1.54, 1.807) is 0 Å². The predicted molar refractivity (Wildman–Crippen MR) is 77.9 cm³/mol. The lowest BCUT2D eigenvalue weighted by Gasteiger charge is -2.39. The molecule has 0 radical (unpaired) electrons. The van der Waals surface area contributed by atoms with Crippen molar-refractivity contribution in [2.75, 3.05) is 24.6 Å². The van der Waals surface area contributed by atoms with Gasteiger partial charge in [0.25, 0.3) is 0 Å². The molecule has 102 valence electrons. The first-order chi connectivity index (χ1) is 8.65. The van der Waals surface area contributed by atoms with Crippen molar-refractivity contribution >= 4 is 11.8 Å². The Morgan fingerprint density at radius 3 is 2.94 bits per heavy atom. The van der Waals surface area contributed by atoms with Gasteiger partial charge in [0, 0.05) is 42.9 Å². The van der Waals surface area contributed by atoms with Gasteiger partial charge in [-0.25, -0.2) is 4.98 Å². The van der Waals surface area contributed by atoms with Crippen molar-refractivity contribution in [3.63, 3.8) is 0 Å². The molecule has 1 saturated heterocycles. The topological polar surface area (TPSA) is 47.1 Å². The number of hydrogen-bond donors (Lipinski definition) is 1. The van der Waals surface area contributed by atoms with Crippen LogP contribution in [0, 0.1) is 0 Å². The number of hydrogen-bond acceptors (Lipinski definition) is 4. The number of nitrogens with zero attached hydrogens (tertiary/aromatic N) is 3. The van der Waals surface area contributed by atoms with Crippen LogP contribution in [0.25, 0.3) is 0 Å². The molecular weight excluding hydrogens is 244 g/mol. The zero-order valence-electron chi connectivity index (χ0n) is 11.5. The summed E-state index contributed by atoms with van der Waals surface area (Å²) >= 11 is 2.04. The van der Waals surface area contributed by atoms with E-state index in [0.717, 1.165) is 6.54 Å². The fourth-order valence-corrected chi connectivity index (χ4v) is 3.67. The smallest absolute Gasteiger partial charge is 0.0951 e. The third-order valence-corrected chi connectivity index (χ3v) is 4.83. The molecule has 1 aromatic heterocycles. The standard InChI is InChI=1S/C13H24N4S/c1-10(2)17-9-15-7-13(17)12(6-14)16-4-5-18-8-11(16)3/h7,9-12H,4-6,8,14H2,1-3H3. The lowest BCUT2D eigenvalue weighted by molar-refractivity contribution is 0.158. The Labute approximate surface area is 114 Å². The van der Waals surface area contributed by atoms with Crippen LogP contribution in [-0.4, -0.2) is 45.1 Å². The Hall–Kier alpha value is -0.520. The van der Waals surface area contributed by atoms with Gasteiger partial charge in [-0.3, -0.25) is 4.90 Å². The van der Waals surface area contributed by atoms with Gasteiger partial charge in [0.15, 0.2) is 0 Å². The van der Waals surface area contributed by atoms with Gasteiger partial charge in [-0.1, -0.05) is 0 Å². The molecule has 2 N–H and O–H groups in total. The minimum atomic E-state index is 0.297. The fourth-order valence-electron chi connectivity index (χ4n) is 2.63. The first-order valence-corrected chi connectivity index (χ1v) is 7.86. The van der Waals surface area contributed by atoms with E-state index in [4.69, 9.17) is 5.73 Å². The highest BCUT2D eigenvalue weighted by Gasteiger charge is 2.28. The molecule has 1 aromatic rings. The molecule has 5 heteroatoms. The predicted octanol–water partition coefficient (Wildman–Crippen LogP) is 1.90. The quantitative estimate of drug-likeness (QED) is 0.906. The molecule has 1 fully saturated rings. The van der Waals surface area contributed by atoms with E-state index >= 15 is 0 Å². The van der Waals surface area contributed by atoms with Crippen LogP contribution < -0.4 is 5.73 Å². The summed E-state index contributed by atoms with van der Waals surface area (Å²) < 4.78 is 2.24. The molecule has 0 saturated carbocycles. The van der Waals surface area contributed by atoms with Gasteiger partial charge in [0.1, 0.15) is 0 Å². The molecule has 0 aliphatic carbocycles. The van der Waals surface area contributed by atoms with E-state index < -0.39 is 0 Å². The summed E-state index contributed by atoms with van der Waals surface area (Å²) in [6.45, 7) is 8.46. The van der Waals surface area contributed by atoms with E-state index in [0.29, 0.717) is 24.7 Å². The highest BCUT2D eigenvalue weighted by atomic mass is 32.2. The van der Waals surface area contributed by atoms with E-state index in [1.165, 1.54) is 17.2 Å². The average Bonchev–Trinajstić information content (AvgIpc) is 2.82. The van der Waals surface area contributed by atoms with Crippen LogP contribution >= 0.6 is 11.8 Å². The van der Waals surface area contributed by atoms with Crippen LogP contribution in [0.2, 0.25) is 0 Å². The monoisotopic (exact) mass is 268 g/mol. The van der Waals surface area contributed by atoms with E-state index in [-0.39, 0.29) is 0 Å². The summed E-state index contributed by atoms with van der Waals surface area (Å²) in [6, 6.07) is 1.32. The largest absolute Gasteiger partial charge is 0.331 e. The van der Waals surface area contributed by atoms with Gasteiger partial charge in [0.2, 0.25) is 0 Å². The summed E-state index contributed by atoms with van der Waals surface area (Å²) in [5, 5.41) is 0. The molecule has 0 amide bonds. The second-order valence-electron chi connectivity index (χ2n) is 5.23. The van der Waals surface area contributed by atoms with Crippen LogP contribution in [0.3, 0.4) is 0 Å². The van der Waals surface area contributed by atoms with Crippen molar-refractivity contribution in [3.05, 3.63) is 18.2 Å². The van der Waals surface area contributed by atoms with E-state index in [2.05, 4.69) is 35.2 Å². The van der Waals surface area contributed by atoms with Crippen molar-refractivity contribution in [2.45, 2.75) is 38.9 Å². The minimum absolute atomic E-state index is 0.297. The highest BCUT2D eigenvalue weighted by Crippen LogP contribution is 2.28. The van der Waals surface area contributed by atoms with Crippen LogP contribution in [0.5, 0.6) is 0 Å². The summed E-state index contributed by atoms with van der Waals surface area (Å²) in [5.74, 6) is 2.41. The SMILES string of the molecule is CC1CSCCN1C(CN)c1cncn1C(C)C. The maximum absolute atomic E-state index is 6.04. The van der Waals surface area contributed by atoms with Gasteiger partial charge in [-0.2, -0.15) is 11.8 Å². The molecule has 0 bridgehead atoms. The Morgan fingerprint density at radius 2 is 2.33 bits per heavy atom. The third-order valence-electron chi connectivity index (χ3n) is 3.64. The summed E-state index contributed by atoms with van der Waals surface area (Å²) in [5.41, 5.74) is 7.29. The average molecular weight is 268 g/mol. The van der Waals surface area contributed by atoms with Crippen LogP contribution in [0.4, 0.5) is 0 Å². The van der Waals surface area contributed by atoms with Crippen LogP contribution in [0.1, 0.15) is 38.5 Å². The molecule has 1 aliphatic rings. The molecule has 4 nitrogen and oxygen atoms in total. The molecule has 2 rings (SSSR count). The van der Waals surface area contributed by atoms with Gasteiger partial charge in [-0.05, 0) is 20.8 Å². The minimum Gasteiger partial charge on any atom is -0.331 e. The Kier molecular flexibility index (Phi) is 4.70. The molecule has 1 aliphatic heterocycles. The molecular formula is C13H24N4S. The first-order valence-electron chi connectivity index (χ1n) is 6.70. The third kappa shape index (κ3) is 2.73. The second-order valence-corrected chi connectivity index (χ2v) is 6.38. The maximum Gasteiger partial charge on any atom is 0.0951 e. The Balaban J connectivity index is 2.24. The van der Waals surface area contributed by atoms with Crippen molar-refractivity contribution in [1.29, 1.82) is 0 Å². The summed E-state index contributed by atoms with van der Waals surface area (Å²) in [4.78, 5) is 6.84. The Bertz CT molecular complexity index is 377. The summed E-state index contributed by atoms with van der Waals surface area (Å²) in [6.07, 6.45) is 3.90. The number of thioether (sulfide) groups is 1. The summed E-state index contributed by atoms with van der Waals surface area (Å²) in [7, 11) is 0. The molecule has 0 spiro atoms. The zero-order chi connectivity index (χ0) is 13.1. The Morgan fingerprint density at radius 1 is 1.56 bits per heavy atom. The first kappa shape index (κ1) is 13.9. The normalized spacial score (nSPS) is 23.5. The van der Waals surface area contributed by atoms with Gasteiger partial charge in [0.05, 0.1) is 18.1 Å². The number of imidazole rings is 1. The molecule has 0 aromatic carbocycles. The van der Waals surface area contributed by atoms with Crippen molar-refractivity contribution in [3.8, 4) is 0 Å². The number of aromatic nitrogens is 2. The van der Waals surface area contributed by atoms with Gasteiger partial charge in [-0.15, -0.1) is 0 Å². The van der Waals surface area contributed by atoms with Crippen LogP contribution in [-0.2, 0) is 0 Å². The highest BCUT2D eigenvalue weighted by molar-refractivity contribution is 7.99. The van der Waals surface area contributed by atoms with E-state index in [9.17, 15) is 0 Å². The lowest BCUT2D eigenvalue weighted by Crippen LogP contribution is -2.45. The van der Waals surface area contributed by atoms with Gasteiger partial charge >= 0.3 is 0 Å². The molecule has 2 heterocycles. The number of rotatable bonds is 4. The van der Waals surface area contributed by atoms with Crippen LogP contribution in [0.15, 0.2) is 12.5 Å². The fraction of sp³-hybridized carbons (Fsp3) is 0.769. The molecule has 2 atom stereocenters. The molecule has 2 unspecified atom stereocenters. The van der Waals surface area contributed by atoms with Crippen molar-refractivity contribution in [2.24, 2.45) is 5.73 Å². The van der Waals surface area contributed by atoms with Crippen molar-refractivity contribution < 1.29 is 0 Å². The van der Waals surface area contributed by atoms with E-state index in [1.807, 2.05) is 24.3 Å². The van der Waals surface area contributed by atoms with Crippen molar-refractivity contribution in [1.82, 2.24) is 14.5 Å².